The lowest BCUT2D eigenvalue weighted by molar-refractivity contribution is 0.574. The summed E-state index contributed by atoms with van der Waals surface area (Å²) in [6, 6.07) is 2.50. The van der Waals surface area contributed by atoms with Gasteiger partial charge in [-0.2, -0.15) is 0 Å². The van der Waals surface area contributed by atoms with Crippen LogP contribution in [0.2, 0.25) is 0 Å². The number of nitrogens with one attached hydrogen (secondary N) is 1. The zero-order chi connectivity index (χ0) is 12.6. The molecule has 0 radical (unpaired) electrons. The van der Waals surface area contributed by atoms with Crippen LogP contribution in [0.15, 0.2) is 17.0 Å². The van der Waals surface area contributed by atoms with Gasteiger partial charge in [-0.3, -0.25) is 0 Å². The first kappa shape index (κ1) is 12.5. The summed E-state index contributed by atoms with van der Waals surface area (Å²) in [7, 11) is -3.51. The number of halogens is 1. The molecule has 17 heavy (non-hydrogen) atoms. The third-order valence-corrected chi connectivity index (χ3v) is 4.68. The monoisotopic (exact) mass is 257 g/mol. The highest BCUT2D eigenvalue weighted by Gasteiger charge is 2.26. The highest BCUT2D eigenvalue weighted by atomic mass is 32.2. The van der Waals surface area contributed by atoms with Gasteiger partial charge in [0.25, 0.3) is 0 Å². The third-order valence-electron chi connectivity index (χ3n) is 2.95. The van der Waals surface area contributed by atoms with Crippen molar-refractivity contribution in [3.05, 3.63) is 29.1 Å². The summed E-state index contributed by atoms with van der Waals surface area (Å²) >= 11 is 0. The van der Waals surface area contributed by atoms with Gasteiger partial charge in [-0.1, -0.05) is 0 Å². The first-order valence-corrected chi connectivity index (χ1v) is 7.15. The molecule has 0 amide bonds. The van der Waals surface area contributed by atoms with Crippen LogP contribution < -0.4 is 4.72 Å². The van der Waals surface area contributed by atoms with Crippen LogP contribution in [0.1, 0.15) is 24.0 Å². The van der Waals surface area contributed by atoms with Crippen molar-refractivity contribution < 1.29 is 12.8 Å². The molecule has 1 aliphatic carbocycles. The molecule has 1 N–H and O–H groups in total. The predicted molar refractivity (Wildman–Crippen MR) is 63.8 cm³/mol. The Kier molecular flexibility index (Phi) is 3.23. The van der Waals surface area contributed by atoms with Crippen molar-refractivity contribution in [3.63, 3.8) is 0 Å². The van der Waals surface area contributed by atoms with E-state index >= 15 is 0 Å². The molecule has 0 atom stereocenters. The molecule has 94 valence electrons. The molecule has 0 spiro atoms. The van der Waals surface area contributed by atoms with Crippen molar-refractivity contribution in [1.29, 1.82) is 0 Å². The fourth-order valence-electron chi connectivity index (χ4n) is 1.94. The molecule has 2 rings (SSSR count). The molecular formula is C12H16FNO2S. The number of hydrogen-bond acceptors (Lipinski definition) is 2. The Morgan fingerprint density at radius 2 is 1.82 bits per heavy atom. The van der Waals surface area contributed by atoms with Gasteiger partial charge in [0.1, 0.15) is 5.82 Å². The Balaban J connectivity index is 2.31. The highest BCUT2D eigenvalue weighted by molar-refractivity contribution is 7.89. The maximum Gasteiger partial charge on any atom is 0.241 e. The molecular weight excluding hydrogens is 241 g/mol. The number of hydrogen-bond donors (Lipinski definition) is 1. The number of benzene rings is 1. The van der Waals surface area contributed by atoms with E-state index in [0.29, 0.717) is 23.6 Å². The summed E-state index contributed by atoms with van der Waals surface area (Å²) < 4.78 is 39.9. The smallest absolute Gasteiger partial charge is 0.211 e. The second kappa shape index (κ2) is 4.38. The van der Waals surface area contributed by atoms with Gasteiger partial charge in [0, 0.05) is 6.54 Å². The van der Waals surface area contributed by atoms with Crippen molar-refractivity contribution in [3.8, 4) is 0 Å². The van der Waals surface area contributed by atoms with E-state index in [0.717, 1.165) is 12.8 Å². The largest absolute Gasteiger partial charge is 0.241 e. The van der Waals surface area contributed by atoms with Gasteiger partial charge in [-0.25, -0.2) is 17.5 Å². The van der Waals surface area contributed by atoms with Crippen molar-refractivity contribution in [1.82, 2.24) is 4.72 Å². The molecule has 0 aliphatic heterocycles. The van der Waals surface area contributed by atoms with E-state index in [-0.39, 0.29) is 4.90 Å². The van der Waals surface area contributed by atoms with Crippen molar-refractivity contribution in [2.75, 3.05) is 6.54 Å². The second-order valence-electron chi connectivity index (χ2n) is 4.66. The summed E-state index contributed by atoms with van der Waals surface area (Å²) in [5.41, 5.74) is 0.900. The summed E-state index contributed by atoms with van der Waals surface area (Å²) in [4.78, 5) is 0.208. The molecule has 0 bridgehead atoms. The topological polar surface area (TPSA) is 46.2 Å². The standard InChI is InChI=1S/C12H16FNO2S/c1-8-5-11(13)6-9(2)12(8)17(15,16)14-7-10-3-4-10/h5-6,10,14H,3-4,7H2,1-2H3. The van der Waals surface area contributed by atoms with Crippen LogP contribution >= 0.6 is 0 Å². The first-order valence-electron chi connectivity index (χ1n) is 5.66. The van der Waals surface area contributed by atoms with Crippen LogP contribution in [0.4, 0.5) is 4.39 Å². The van der Waals surface area contributed by atoms with Gasteiger partial charge < -0.3 is 0 Å². The Hall–Kier alpha value is -0.940. The maximum absolute atomic E-state index is 13.1. The predicted octanol–water partition coefficient (Wildman–Crippen LogP) is 2.13. The fraction of sp³-hybridized carbons (Fsp3) is 0.500. The number of sulfonamides is 1. The van der Waals surface area contributed by atoms with E-state index in [9.17, 15) is 12.8 Å². The second-order valence-corrected chi connectivity index (χ2v) is 6.37. The Bertz CT molecular complexity index is 512. The molecule has 1 saturated carbocycles. The molecule has 1 fully saturated rings. The Labute approximate surface area is 101 Å². The van der Waals surface area contributed by atoms with Gasteiger partial charge in [0.15, 0.2) is 0 Å². The van der Waals surface area contributed by atoms with Crippen LogP contribution in [0, 0.1) is 25.6 Å². The Morgan fingerprint density at radius 3 is 2.29 bits per heavy atom. The minimum atomic E-state index is -3.51. The quantitative estimate of drug-likeness (QED) is 0.898. The van der Waals surface area contributed by atoms with Crippen LogP contribution in [0.3, 0.4) is 0 Å². The van der Waals surface area contributed by atoms with Gasteiger partial charge in [-0.05, 0) is 55.9 Å². The summed E-state index contributed by atoms with van der Waals surface area (Å²) in [5, 5.41) is 0. The van der Waals surface area contributed by atoms with Gasteiger partial charge in [-0.15, -0.1) is 0 Å². The maximum atomic E-state index is 13.1. The summed E-state index contributed by atoms with van der Waals surface area (Å²) in [6.45, 7) is 3.71. The summed E-state index contributed by atoms with van der Waals surface area (Å²) in [5.74, 6) is 0.0759. The van der Waals surface area contributed by atoms with Gasteiger partial charge >= 0.3 is 0 Å². The molecule has 0 aromatic heterocycles. The average molecular weight is 257 g/mol. The molecule has 0 unspecified atom stereocenters. The van der Waals surface area contributed by atoms with Crippen LogP contribution in [0.25, 0.3) is 0 Å². The zero-order valence-corrected chi connectivity index (χ0v) is 10.8. The van der Waals surface area contributed by atoms with E-state index in [2.05, 4.69) is 4.72 Å². The first-order chi connectivity index (χ1) is 7.90. The molecule has 1 aromatic carbocycles. The molecule has 0 saturated heterocycles. The average Bonchev–Trinajstić information content (AvgIpc) is 2.95. The minimum absolute atomic E-state index is 0.208. The van der Waals surface area contributed by atoms with E-state index in [1.54, 1.807) is 13.8 Å². The van der Waals surface area contributed by atoms with E-state index in [1.165, 1.54) is 12.1 Å². The number of rotatable bonds is 4. The SMILES string of the molecule is Cc1cc(F)cc(C)c1S(=O)(=O)NCC1CC1. The van der Waals surface area contributed by atoms with Gasteiger partial charge in [0.05, 0.1) is 4.90 Å². The lowest BCUT2D eigenvalue weighted by Gasteiger charge is -2.11. The van der Waals surface area contributed by atoms with Crippen molar-refractivity contribution >= 4 is 10.0 Å². The van der Waals surface area contributed by atoms with Crippen LogP contribution in [0.5, 0.6) is 0 Å². The summed E-state index contributed by atoms with van der Waals surface area (Å²) in [6.07, 6.45) is 2.17. The highest BCUT2D eigenvalue weighted by Crippen LogP contribution is 2.29. The lowest BCUT2D eigenvalue weighted by atomic mass is 10.1. The fourth-order valence-corrected chi connectivity index (χ4v) is 3.51. The Morgan fingerprint density at radius 1 is 1.29 bits per heavy atom. The third kappa shape index (κ3) is 2.84. The van der Waals surface area contributed by atoms with Crippen LogP contribution in [-0.4, -0.2) is 15.0 Å². The normalized spacial score (nSPS) is 16.2. The minimum Gasteiger partial charge on any atom is -0.211 e. The molecule has 1 aromatic rings. The van der Waals surface area contributed by atoms with Crippen LogP contribution in [-0.2, 0) is 10.0 Å². The number of aryl methyl sites for hydroxylation is 2. The molecule has 0 heterocycles. The lowest BCUT2D eigenvalue weighted by Crippen LogP contribution is -2.27. The van der Waals surface area contributed by atoms with Gasteiger partial charge in [0.2, 0.25) is 10.0 Å². The molecule has 1 aliphatic rings. The zero-order valence-electron chi connectivity index (χ0n) is 9.96. The molecule has 5 heteroatoms. The van der Waals surface area contributed by atoms with Crippen molar-refractivity contribution in [2.24, 2.45) is 5.92 Å². The van der Waals surface area contributed by atoms with E-state index in [4.69, 9.17) is 0 Å². The van der Waals surface area contributed by atoms with Crippen molar-refractivity contribution in [2.45, 2.75) is 31.6 Å². The molecule has 3 nitrogen and oxygen atoms in total. The van der Waals surface area contributed by atoms with E-state index in [1.807, 2.05) is 0 Å². The van der Waals surface area contributed by atoms with E-state index < -0.39 is 15.8 Å².